The third-order valence-electron chi connectivity index (χ3n) is 12.1. The van der Waals surface area contributed by atoms with Crippen molar-refractivity contribution < 1.29 is 0 Å². The zero-order valence-electron chi connectivity index (χ0n) is 30.9. The third-order valence-corrected chi connectivity index (χ3v) is 12.1. The Hall–Kier alpha value is -7.56. The van der Waals surface area contributed by atoms with E-state index in [1.54, 1.807) is 0 Å². The van der Waals surface area contributed by atoms with Gasteiger partial charge in [0.25, 0.3) is 0 Å². The summed E-state index contributed by atoms with van der Waals surface area (Å²) in [4.78, 5) is 9.33. The molecule has 4 aromatic heterocycles. The molecule has 1 aliphatic rings. The molecule has 12 rings (SSSR count). The molecule has 1 aliphatic carbocycles. The first kappa shape index (κ1) is 31.8. The zero-order valence-corrected chi connectivity index (χ0v) is 30.9. The lowest BCUT2D eigenvalue weighted by atomic mass is 9.67. The molecule has 0 unspecified atom stereocenters. The van der Waals surface area contributed by atoms with Gasteiger partial charge >= 0.3 is 0 Å². The average molecular weight is 727 g/mol. The molecule has 0 bridgehead atoms. The van der Waals surface area contributed by atoms with Crippen LogP contribution in [0.4, 0.5) is 0 Å². The molecule has 4 heteroatoms. The van der Waals surface area contributed by atoms with Crippen molar-refractivity contribution in [1.29, 1.82) is 0 Å². The number of rotatable bonds is 5. The Bertz CT molecular complexity index is 3230. The molecule has 0 aliphatic heterocycles. The second-order valence-corrected chi connectivity index (χ2v) is 14.9. The van der Waals surface area contributed by atoms with E-state index in [0.717, 1.165) is 39.0 Å². The van der Waals surface area contributed by atoms with E-state index < -0.39 is 5.41 Å². The first-order valence-corrected chi connectivity index (χ1v) is 19.5. The second-order valence-electron chi connectivity index (χ2n) is 14.9. The molecule has 0 fully saturated rings. The van der Waals surface area contributed by atoms with Gasteiger partial charge in [-0.1, -0.05) is 140 Å². The van der Waals surface area contributed by atoms with Gasteiger partial charge in [0.2, 0.25) is 0 Å². The van der Waals surface area contributed by atoms with Crippen LogP contribution in [0.5, 0.6) is 0 Å². The van der Waals surface area contributed by atoms with Crippen LogP contribution in [-0.4, -0.2) is 19.1 Å². The summed E-state index contributed by atoms with van der Waals surface area (Å²) in [6.45, 7) is 0. The molecule has 0 saturated heterocycles. The predicted molar refractivity (Wildman–Crippen MR) is 233 cm³/mol. The smallest absolute Gasteiger partial charge is 0.115 e. The van der Waals surface area contributed by atoms with Crippen molar-refractivity contribution in [2.75, 3.05) is 0 Å². The predicted octanol–water partition coefficient (Wildman–Crippen LogP) is 12.7. The number of para-hydroxylation sites is 1. The first-order valence-electron chi connectivity index (χ1n) is 19.5. The van der Waals surface area contributed by atoms with E-state index in [2.05, 4.69) is 201 Å². The molecule has 0 N–H and O–H groups in total. The maximum Gasteiger partial charge on any atom is 0.115 e. The minimum Gasteiger partial charge on any atom is -0.309 e. The molecule has 4 heterocycles. The Morgan fingerprint density at radius 3 is 1.53 bits per heavy atom. The molecule has 11 aromatic rings. The quantitative estimate of drug-likeness (QED) is 0.177. The zero-order chi connectivity index (χ0) is 37.5. The molecular weight excluding hydrogens is 693 g/mol. The van der Waals surface area contributed by atoms with E-state index >= 15 is 0 Å². The Kier molecular flexibility index (Phi) is 6.81. The van der Waals surface area contributed by atoms with Crippen LogP contribution in [0.2, 0.25) is 0 Å². The fourth-order valence-electron chi connectivity index (χ4n) is 9.78. The summed E-state index contributed by atoms with van der Waals surface area (Å²) < 4.78 is 4.74. The highest BCUT2D eigenvalue weighted by Gasteiger charge is 2.47. The Labute approximate surface area is 329 Å². The second kappa shape index (κ2) is 12.2. The highest BCUT2D eigenvalue weighted by Crippen LogP contribution is 2.58. The minimum absolute atomic E-state index is 0.466. The van der Waals surface area contributed by atoms with Crippen LogP contribution in [0.1, 0.15) is 22.3 Å². The van der Waals surface area contributed by atoms with Crippen molar-refractivity contribution >= 4 is 43.9 Å². The maximum absolute atomic E-state index is 4.67. The summed E-state index contributed by atoms with van der Waals surface area (Å²) in [7, 11) is 0. The monoisotopic (exact) mass is 726 g/mol. The van der Waals surface area contributed by atoms with Gasteiger partial charge in [0.1, 0.15) is 11.0 Å². The number of hydrogen-bond acceptors (Lipinski definition) is 2. The van der Waals surface area contributed by atoms with Crippen molar-refractivity contribution in [3.8, 4) is 33.6 Å². The van der Waals surface area contributed by atoms with E-state index in [4.69, 9.17) is 0 Å². The van der Waals surface area contributed by atoms with Crippen molar-refractivity contribution in [3.63, 3.8) is 0 Å². The molecule has 7 aromatic carbocycles. The van der Waals surface area contributed by atoms with Crippen molar-refractivity contribution in [1.82, 2.24) is 19.1 Å². The summed E-state index contributed by atoms with van der Waals surface area (Å²) in [5.41, 5.74) is 18.2. The normalized spacial score (nSPS) is 13.1. The van der Waals surface area contributed by atoms with E-state index in [0.29, 0.717) is 0 Å². The van der Waals surface area contributed by atoms with Crippen molar-refractivity contribution in [2.24, 2.45) is 0 Å². The lowest BCUT2D eigenvalue weighted by Gasteiger charge is -2.33. The largest absolute Gasteiger partial charge is 0.309 e. The average Bonchev–Trinajstić information content (AvgIpc) is 3.92. The summed E-state index contributed by atoms with van der Waals surface area (Å²) in [5, 5.41) is 2.51. The van der Waals surface area contributed by atoms with E-state index in [9.17, 15) is 0 Å². The van der Waals surface area contributed by atoms with Crippen LogP contribution in [0.25, 0.3) is 77.5 Å². The van der Waals surface area contributed by atoms with Crippen LogP contribution in [0.15, 0.2) is 207 Å². The molecule has 0 saturated carbocycles. The Balaban J connectivity index is 1.03. The molecule has 57 heavy (non-hydrogen) atoms. The summed E-state index contributed by atoms with van der Waals surface area (Å²) in [6.07, 6.45) is 3.67. The van der Waals surface area contributed by atoms with Gasteiger partial charge in [-0.15, -0.1) is 0 Å². The summed E-state index contributed by atoms with van der Waals surface area (Å²) >= 11 is 0. The van der Waals surface area contributed by atoms with Crippen LogP contribution in [0.3, 0.4) is 0 Å². The van der Waals surface area contributed by atoms with Crippen LogP contribution in [-0.2, 0) is 5.41 Å². The van der Waals surface area contributed by atoms with Crippen LogP contribution >= 0.6 is 0 Å². The number of fused-ring (bicyclic) bond motifs is 10. The van der Waals surface area contributed by atoms with E-state index in [-0.39, 0.29) is 0 Å². The van der Waals surface area contributed by atoms with Gasteiger partial charge in [-0.05, 0) is 93.5 Å². The van der Waals surface area contributed by atoms with Gasteiger partial charge in [-0.3, -0.25) is 9.97 Å². The van der Waals surface area contributed by atoms with Gasteiger partial charge in [0, 0.05) is 40.1 Å². The first-order chi connectivity index (χ1) is 28.3. The number of pyridine rings is 2. The molecule has 0 spiro atoms. The number of nitrogens with zero attached hydrogens (tertiary/aromatic N) is 4. The maximum atomic E-state index is 4.67. The number of benzene rings is 7. The number of aromatic nitrogens is 4. The molecule has 0 amide bonds. The summed E-state index contributed by atoms with van der Waals surface area (Å²) in [5.74, 6) is 0. The Morgan fingerprint density at radius 2 is 0.895 bits per heavy atom. The molecule has 4 nitrogen and oxygen atoms in total. The highest BCUT2D eigenvalue weighted by molar-refractivity contribution is 6.16. The highest BCUT2D eigenvalue weighted by atomic mass is 15.0. The van der Waals surface area contributed by atoms with E-state index in [1.807, 2.05) is 24.5 Å². The Morgan fingerprint density at radius 1 is 0.368 bits per heavy atom. The fraction of sp³-hybridized carbons (Fsp3) is 0.0189. The number of hydrogen-bond donors (Lipinski definition) is 0. The standard InChI is InChI=1S/C53H34N4/c1-3-13-37(14-4-1)53(38-15-5-2-6-16-38)44-19-9-7-18-43(44)49-45(53)32-31-42-41-17-8-10-20-46(41)57(52(42)49)40-29-25-36(26-30-40)35-23-27-39(28-24-35)56-47-21-11-33-54-50(47)51-48(56)22-12-34-55-51/h1-34H. The van der Waals surface area contributed by atoms with Crippen LogP contribution in [0, 0.1) is 0 Å². The molecule has 0 radical (unpaired) electrons. The van der Waals surface area contributed by atoms with Crippen molar-refractivity contribution in [3.05, 3.63) is 229 Å². The van der Waals surface area contributed by atoms with Gasteiger partial charge in [0.15, 0.2) is 0 Å². The van der Waals surface area contributed by atoms with Crippen molar-refractivity contribution in [2.45, 2.75) is 5.41 Å². The van der Waals surface area contributed by atoms with Gasteiger partial charge < -0.3 is 9.13 Å². The topological polar surface area (TPSA) is 35.6 Å². The molecule has 266 valence electrons. The lowest BCUT2D eigenvalue weighted by molar-refractivity contribution is 0.769. The molecular formula is C53H34N4. The van der Waals surface area contributed by atoms with Crippen LogP contribution < -0.4 is 0 Å². The third kappa shape index (κ3) is 4.44. The lowest BCUT2D eigenvalue weighted by Crippen LogP contribution is -2.28. The van der Waals surface area contributed by atoms with Gasteiger partial charge in [-0.2, -0.15) is 0 Å². The fourth-order valence-corrected chi connectivity index (χ4v) is 9.78. The minimum atomic E-state index is -0.466. The molecule has 0 atom stereocenters. The summed E-state index contributed by atoms with van der Waals surface area (Å²) in [6, 6.07) is 70.8. The van der Waals surface area contributed by atoms with Gasteiger partial charge in [-0.25, -0.2) is 0 Å². The van der Waals surface area contributed by atoms with Gasteiger partial charge in [0.05, 0.1) is 27.5 Å². The van der Waals surface area contributed by atoms with E-state index in [1.165, 1.54) is 60.8 Å². The SMILES string of the molecule is c1ccc(C2(c3ccccc3)c3ccccc3-c3c2ccc2c4ccccc4n(-c4ccc(-c5ccc(-n6c7cccnc7c7ncccc76)cc5)cc4)c32)cc1.